The van der Waals surface area contributed by atoms with Crippen molar-refractivity contribution in [2.45, 2.75) is 26.7 Å². The summed E-state index contributed by atoms with van der Waals surface area (Å²) in [5, 5.41) is 1.08. The number of carbonyl (C=O) groups excluding carboxylic acids is 1. The van der Waals surface area contributed by atoms with Crippen LogP contribution >= 0.6 is 0 Å². The molecule has 0 fully saturated rings. The van der Waals surface area contributed by atoms with E-state index in [-0.39, 0.29) is 5.78 Å². The summed E-state index contributed by atoms with van der Waals surface area (Å²) < 4.78 is 8.19. The van der Waals surface area contributed by atoms with Crippen molar-refractivity contribution in [1.29, 1.82) is 0 Å². The Hall–Kier alpha value is -2.69. The Morgan fingerprint density at radius 1 is 1.19 bits per heavy atom. The second kappa shape index (κ2) is 7.68. The van der Waals surface area contributed by atoms with Gasteiger partial charge in [-0.05, 0) is 38.5 Å². The van der Waals surface area contributed by atoms with Gasteiger partial charge in [-0.25, -0.2) is 9.56 Å². The zero-order valence-corrected chi connectivity index (χ0v) is 16.0. The van der Waals surface area contributed by atoms with Gasteiger partial charge in [-0.15, -0.1) is 0 Å². The highest BCUT2D eigenvalue weighted by atomic mass is 16.3. The van der Waals surface area contributed by atoms with Gasteiger partial charge >= 0.3 is 0 Å². The molecule has 136 valence electrons. The number of aromatic nitrogens is 1. The number of fused-ring (bicyclic) bond motifs is 2. The van der Waals surface area contributed by atoms with E-state index in [0.29, 0.717) is 6.42 Å². The first kappa shape index (κ1) is 18.1. The van der Waals surface area contributed by atoms with Gasteiger partial charge in [-0.1, -0.05) is 0 Å². The number of ketones is 1. The van der Waals surface area contributed by atoms with Gasteiger partial charge in [-0.3, -0.25) is 0 Å². The van der Waals surface area contributed by atoms with Crippen LogP contribution in [0, 0.1) is 0 Å². The van der Waals surface area contributed by atoms with Gasteiger partial charge in [0.15, 0.2) is 11.3 Å². The smallest absolute Gasteiger partial charge is 0.203 e. The van der Waals surface area contributed by atoms with E-state index in [0.717, 1.165) is 53.1 Å². The Balaban J connectivity index is 1.98. The van der Waals surface area contributed by atoms with E-state index in [9.17, 15) is 4.79 Å². The molecule has 5 heteroatoms. The maximum atomic E-state index is 11.2. The molecule has 0 aromatic heterocycles. The van der Waals surface area contributed by atoms with Gasteiger partial charge < -0.3 is 14.1 Å². The summed E-state index contributed by atoms with van der Waals surface area (Å²) in [6.07, 6.45) is 1.48. The maximum absolute atomic E-state index is 11.2. The molecule has 1 aliphatic carbocycles. The lowest BCUT2D eigenvalue weighted by molar-refractivity contribution is -0.117. The summed E-state index contributed by atoms with van der Waals surface area (Å²) in [5.41, 5.74) is 3.57. The molecule has 3 rings (SSSR count). The molecular weight excluding hydrogens is 326 g/mol. The van der Waals surface area contributed by atoms with Crippen molar-refractivity contribution < 1.29 is 9.21 Å². The quantitative estimate of drug-likeness (QED) is 0.505. The van der Waals surface area contributed by atoms with Crippen LogP contribution in [0.4, 0.5) is 5.69 Å². The normalized spacial score (nSPS) is 11.1. The number of nitrogens with zero attached hydrogens (tertiary/aromatic N) is 3. The first-order valence-electron chi connectivity index (χ1n) is 9.07. The summed E-state index contributed by atoms with van der Waals surface area (Å²) in [4.78, 5) is 18.2. The minimum atomic E-state index is 0.238. The third-order valence-electron chi connectivity index (χ3n) is 4.57. The first-order chi connectivity index (χ1) is 12.5. The lowest BCUT2D eigenvalue weighted by Gasteiger charge is -2.23. The van der Waals surface area contributed by atoms with E-state index in [4.69, 9.17) is 9.40 Å². The monoisotopic (exact) mass is 352 g/mol. The topological polar surface area (TPSA) is 49.4 Å². The number of hydrogen-bond donors (Lipinski definition) is 0. The van der Waals surface area contributed by atoms with E-state index in [1.807, 2.05) is 49.0 Å². The van der Waals surface area contributed by atoms with Crippen LogP contribution in [0.2, 0.25) is 0 Å². The van der Waals surface area contributed by atoms with Crippen molar-refractivity contribution in [3.8, 4) is 11.5 Å². The van der Waals surface area contributed by atoms with E-state index in [1.54, 1.807) is 6.92 Å². The summed E-state index contributed by atoms with van der Waals surface area (Å²) in [6.45, 7) is 5.50. The van der Waals surface area contributed by atoms with Crippen LogP contribution in [0.15, 0.2) is 40.8 Å². The third-order valence-corrected chi connectivity index (χ3v) is 4.57. The maximum Gasteiger partial charge on any atom is 0.203 e. The van der Waals surface area contributed by atoms with Crippen molar-refractivity contribution in [3.63, 3.8) is 0 Å². The van der Waals surface area contributed by atoms with Crippen molar-refractivity contribution in [1.82, 2.24) is 9.56 Å². The van der Waals surface area contributed by atoms with Crippen LogP contribution in [0.1, 0.15) is 26.7 Å². The minimum absolute atomic E-state index is 0.238. The first-order valence-corrected chi connectivity index (χ1v) is 9.07. The van der Waals surface area contributed by atoms with E-state index in [1.165, 1.54) is 0 Å². The summed E-state index contributed by atoms with van der Waals surface area (Å²) >= 11 is 0. The van der Waals surface area contributed by atoms with Gasteiger partial charge in [-0.2, -0.15) is 0 Å². The molecule has 0 saturated heterocycles. The fourth-order valence-corrected chi connectivity index (χ4v) is 3.07. The molecule has 0 spiro atoms. The number of Topliss-reactive ketones (excluding diaryl/α,β-unsaturated/α-hetero) is 1. The van der Waals surface area contributed by atoms with Crippen LogP contribution in [0.5, 0.6) is 0 Å². The van der Waals surface area contributed by atoms with Gasteiger partial charge in [0.25, 0.3) is 0 Å². The summed E-state index contributed by atoms with van der Waals surface area (Å²) in [5.74, 6) is 1.02. The molecule has 5 nitrogen and oxygen atoms in total. The number of rotatable bonds is 6. The fourth-order valence-electron chi connectivity index (χ4n) is 3.07. The summed E-state index contributed by atoms with van der Waals surface area (Å²) in [7, 11) is 4.02. The summed E-state index contributed by atoms with van der Waals surface area (Å²) in [6, 6.07) is 12.2. The van der Waals surface area contributed by atoms with Crippen LogP contribution < -0.4 is 14.8 Å². The van der Waals surface area contributed by atoms with Gasteiger partial charge in [0.2, 0.25) is 5.36 Å². The molecule has 1 aromatic carbocycles. The molecule has 1 aromatic rings. The average Bonchev–Trinajstić information content (AvgIpc) is 2.62. The van der Waals surface area contributed by atoms with Crippen LogP contribution in [-0.2, 0) is 4.79 Å². The largest absolute Gasteiger partial charge is 0.452 e. The second-order valence-electron chi connectivity index (χ2n) is 6.80. The predicted molar refractivity (Wildman–Crippen MR) is 106 cm³/mol. The molecule has 1 heterocycles. The van der Waals surface area contributed by atoms with E-state index < -0.39 is 0 Å². The highest BCUT2D eigenvalue weighted by Crippen LogP contribution is 2.27. The lowest BCUT2D eigenvalue weighted by Crippen LogP contribution is -2.24. The minimum Gasteiger partial charge on any atom is -0.452 e. The molecule has 0 amide bonds. The fraction of sp³-hybridized carbons (Fsp3) is 0.381. The SMILES string of the molecule is CCN(CCCC(C)=O)c1ccc2nc3ccc(=[N+](C)C)cc-3oc2c1. The zero-order chi connectivity index (χ0) is 18.7. The molecule has 0 radical (unpaired) electrons. The Bertz CT molecular complexity index is 970. The molecule has 0 atom stereocenters. The lowest BCUT2D eigenvalue weighted by atomic mass is 10.2. The molecule has 1 aliphatic heterocycles. The Labute approximate surface area is 153 Å². The molecule has 26 heavy (non-hydrogen) atoms. The standard InChI is InChI=1S/C21H26N3O2/c1-5-24(12-6-7-15(2)25)17-9-11-19-21(14-17)26-20-13-16(23(3)4)8-10-18(20)22-19/h8-11,13-14H,5-7,12H2,1-4H3/q+1. The van der Waals surface area contributed by atoms with E-state index in [2.05, 4.69) is 17.9 Å². The number of hydrogen-bond acceptors (Lipinski definition) is 4. The molecule has 0 bridgehead atoms. The molecular formula is C21H26N3O2+. The molecule has 2 aliphatic rings. The van der Waals surface area contributed by atoms with Crippen molar-refractivity contribution in [2.75, 3.05) is 32.1 Å². The van der Waals surface area contributed by atoms with Crippen molar-refractivity contribution in [3.05, 3.63) is 41.8 Å². The zero-order valence-electron chi connectivity index (χ0n) is 16.0. The average molecular weight is 352 g/mol. The Morgan fingerprint density at radius 2 is 2.00 bits per heavy atom. The molecule has 0 saturated carbocycles. The van der Waals surface area contributed by atoms with Gasteiger partial charge in [0.05, 0.1) is 6.07 Å². The second-order valence-corrected chi connectivity index (χ2v) is 6.80. The molecule has 0 unspecified atom stereocenters. The Kier molecular flexibility index (Phi) is 5.35. The Morgan fingerprint density at radius 3 is 2.69 bits per heavy atom. The van der Waals surface area contributed by atoms with Crippen LogP contribution in [0.25, 0.3) is 22.6 Å². The van der Waals surface area contributed by atoms with E-state index >= 15 is 0 Å². The highest BCUT2D eigenvalue weighted by molar-refractivity contribution is 5.80. The highest BCUT2D eigenvalue weighted by Gasteiger charge is 2.12. The van der Waals surface area contributed by atoms with Crippen LogP contribution in [-0.4, -0.2) is 38.0 Å². The van der Waals surface area contributed by atoms with Gasteiger partial charge in [0, 0.05) is 37.3 Å². The van der Waals surface area contributed by atoms with Crippen LogP contribution in [0.3, 0.4) is 0 Å². The number of anilines is 1. The van der Waals surface area contributed by atoms with Gasteiger partial charge in [0.1, 0.15) is 31.1 Å². The third kappa shape index (κ3) is 3.93. The van der Waals surface area contributed by atoms with Crippen molar-refractivity contribution in [2.24, 2.45) is 0 Å². The number of carbonyl (C=O) groups is 1. The predicted octanol–water partition coefficient (Wildman–Crippen LogP) is 3.16. The molecule has 0 N–H and O–H groups in total. The van der Waals surface area contributed by atoms with Crippen molar-refractivity contribution >= 4 is 22.6 Å². The number of benzene rings is 2.